The van der Waals surface area contributed by atoms with Gasteiger partial charge in [0.05, 0.1) is 0 Å². The Morgan fingerprint density at radius 2 is 0.929 bits per heavy atom. The van der Waals surface area contributed by atoms with Crippen molar-refractivity contribution in [1.82, 2.24) is 0 Å². The molecule has 0 aromatic rings. The van der Waals surface area contributed by atoms with Crippen LogP contribution >= 0.6 is 0 Å². The third-order valence-electron chi connectivity index (χ3n) is 5.46. The van der Waals surface area contributed by atoms with Crippen molar-refractivity contribution in [2.75, 3.05) is 0 Å². The van der Waals surface area contributed by atoms with Gasteiger partial charge in [-0.15, -0.1) is 0 Å². The molecule has 0 aliphatic rings. The molecule has 0 spiro atoms. The predicted octanol–water partition coefficient (Wildman–Crippen LogP) is 9.01. The van der Waals surface area contributed by atoms with Gasteiger partial charge in [0.25, 0.3) is 0 Å². The topological polar surface area (TPSA) is 37.3 Å². The summed E-state index contributed by atoms with van der Waals surface area (Å²) >= 11 is 0. The molecule has 0 atom stereocenters. The first-order valence-electron chi connectivity index (χ1n) is 12.3. The normalized spacial score (nSPS) is 11.8. The maximum absolute atomic E-state index is 10.3. The van der Waals surface area contributed by atoms with E-state index in [4.69, 9.17) is 5.11 Å². The van der Waals surface area contributed by atoms with Crippen molar-refractivity contribution in [3.8, 4) is 0 Å². The molecule has 0 aliphatic heterocycles. The lowest BCUT2D eigenvalue weighted by molar-refractivity contribution is -0.131. The molecule has 0 unspecified atom stereocenters. The van der Waals surface area contributed by atoms with Gasteiger partial charge in [-0.3, -0.25) is 0 Å². The second-order valence-corrected chi connectivity index (χ2v) is 8.28. The average Bonchev–Trinajstić information content (AvgIpc) is 2.68. The van der Waals surface area contributed by atoms with Crippen molar-refractivity contribution in [3.63, 3.8) is 0 Å². The molecular formula is C26H48O2. The molecule has 0 heterocycles. The van der Waals surface area contributed by atoms with Crippen LogP contribution in [0.15, 0.2) is 24.3 Å². The summed E-state index contributed by atoms with van der Waals surface area (Å²) in [6.07, 6.45) is 34.5. The number of unbranched alkanes of at least 4 members (excludes halogenated alkanes) is 19. The minimum Gasteiger partial charge on any atom is -0.478 e. The molecule has 0 radical (unpaired) electrons. The van der Waals surface area contributed by atoms with E-state index in [1.54, 1.807) is 6.08 Å². The Hall–Kier alpha value is -1.05. The summed E-state index contributed by atoms with van der Waals surface area (Å²) in [6.45, 7) is 2.29. The predicted molar refractivity (Wildman–Crippen MR) is 124 cm³/mol. The molecule has 2 nitrogen and oxygen atoms in total. The number of aliphatic carboxylic acids is 1. The third kappa shape index (κ3) is 24.9. The number of rotatable bonds is 22. The van der Waals surface area contributed by atoms with E-state index >= 15 is 0 Å². The maximum Gasteiger partial charge on any atom is 0.328 e. The Kier molecular flexibility index (Phi) is 23.1. The highest BCUT2D eigenvalue weighted by Crippen LogP contribution is 2.14. The Labute approximate surface area is 175 Å². The Bertz CT molecular complexity index is 371. The van der Waals surface area contributed by atoms with Crippen LogP contribution in [0.4, 0.5) is 0 Å². The summed E-state index contributed by atoms with van der Waals surface area (Å²) in [6, 6.07) is 0. The summed E-state index contributed by atoms with van der Waals surface area (Å²) in [5.74, 6) is -0.881. The SMILES string of the molecule is CCCCCCCCCCCCCCCCCCCCCC=CC=CC(=O)O. The van der Waals surface area contributed by atoms with Crippen LogP contribution in [-0.4, -0.2) is 11.1 Å². The standard InChI is InChI=1S/C26H48O2/c1-2-3-4-5-6-7-8-9-10-11-12-13-14-15-16-17-18-19-20-21-22-23-24-25-26(27)28/h22-25H,2-21H2,1H3,(H,27,28). The van der Waals surface area contributed by atoms with Crippen LogP contribution in [0.25, 0.3) is 0 Å². The molecule has 0 amide bonds. The Morgan fingerprint density at radius 3 is 1.29 bits per heavy atom. The monoisotopic (exact) mass is 392 g/mol. The highest BCUT2D eigenvalue weighted by Gasteiger charge is 1.95. The van der Waals surface area contributed by atoms with Gasteiger partial charge in [-0.1, -0.05) is 141 Å². The zero-order chi connectivity index (χ0) is 20.5. The second-order valence-electron chi connectivity index (χ2n) is 8.28. The summed E-state index contributed by atoms with van der Waals surface area (Å²) in [4.78, 5) is 10.3. The Morgan fingerprint density at radius 1 is 0.571 bits per heavy atom. The molecule has 0 aliphatic carbocycles. The highest BCUT2D eigenvalue weighted by atomic mass is 16.4. The lowest BCUT2D eigenvalue weighted by Crippen LogP contribution is -1.84. The van der Waals surface area contributed by atoms with E-state index in [9.17, 15) is 4.79 Å². The van der Waals surface area contributed by atoms with Crippen molar-refractivity contribution in [2.45, 2.75) is 135 Å². The first-order valence-corrected chi connectivity index (χ1v) is 12.3. The molecule has 1 N–H and O–H groups in total. The first-order chi connectivity index (χ1) is 13.8. The zero-order valence-corrected chi connectivity index (χ0v) is 18.8. The number of carboxylic acids is 1. The first kappa shape index (κ1) is 27.0. The van der Waals surface area contributed by atoms with E-state index in [-0.39, 0.29) is 0 Å². The van der Waals surface area contributed by atoms with E-state index in [2.05, 4.69) is 13.0 Å². The Balaban J connectivity index is 3.07. The molecule has 0 fully saturated rings. The maximum atomic E-state index is 10.3. The van der Waals surface area contributed by atoms with Gasteiger partial charge in [-0.05, 0) is 12.8 Å². The third-order valence-corrected chi connectivity index (χ3v) is 5.46. The molecule has 164 valence electrons. The van der Waals surface area contributed by atoms with Gasteiger partial charge in [-0.25, -0.2) is 4.79 Å². The molecule has 2 heteroatoms. The van der Waals surface area contributed by atoms with Crippen LogP contribution in [0.1, 0.15) is 135 Å². The summed E-state index contributed by atoms with van der Waals surface area (Å²) in [5.41, 5.74) is 0. The fourth-order valence-corrected chi connectivity index (χ4v) is 3.65. The average molecular weight is 393 g/mol. The van der Waals surface area contributed by atoms with E-state index in [0.717, 1.165) is 6.42 Å². The molecule has 0 bridgehead atoms. The van der Waals surface area contributed by atoms with Crippen molar-refractivity contribution in [2.24, 2.45) is 0 Å². The largest absolute Gasteiger partial charge is 0.478 e. The molecule has 0 aromatic heterocycles. The molecule has 0 saturated heterocycles. The minimum atomic E-state index is -0.881. The summed E-state index contributed by atoms with van der Waals surface area (Å²) in [7, 11) is 0. The molecular weight excluding hydrogens is 344 g/mol. The quantitative estimate of drug-likeness (QED) is 0.113. The van der Waals surface area contributed by atoms with Gasteiger partial charge in [0.15, 0.2) is 0 Å². The number of carbonyl (C=O) groups is 1. The molecule has 28 heavy (non-hydrogen) atoms. The smallest absolute Gasteiger partial charge is 0.328 e. The lowest BCUT2D eigenvalue weighted by atomic mass is 10.0. The van der Waals surface area contributed by atoms with E-state index < -0.39 is 5.97 Å². The minimum absolute atomic E-state index is 0.881. The van der Waals surface area contributed by atoms with Gasteiger partial charge in [0.2, 0.25) is 0 Å². The van der Waals surface area contributed by atoms with Crippen LogP contribution in [-0.2, 0) is 4.79 Å². The molecule has 0 saturated carbocycles. The second kappa shape index (κ2) is 24.0. The van der Waals surface area contributed by atoms with Crippen LogP contribution in [0.3, 0.4) is 0 Å². The van der Waals surface area contributed by atoms with Gasteiger partial charge < -0.3 is 5.11 Å². The van der Waals surface area contributed by atoms with Crippen LogP contribution in [0.5, 0.6) is 0 Å². The number of hydrogen-bond acceptors (Lipinski definition) is 1. The van der Waals surface area contributed by atoms with Gasteiger partial charge in [0.1, 0.15) is 0 Å². The summed E-state index contributed by atoms with van der Waals surface area (Å²) in [5, 5.41) is 8.46. The fraction of sp³-hybridized carbons (Fsp3) is 0.808. The van der Waals surface area contributed by atoms with E-state index in [0.29, 0.717) is 0 Å². The van der Waals surface area contributed by atoms with Crippen molar-refractivity contribution < 1.29 is 9.90 Å². The van der Waals surface area contributed by atoms with Crippen LogP contribution < -0.4 is 0 Å². The molecule has 0 aromatic carbocycles. The zero-order valence-electron chi connectivity index (χ0n) is 18.8. The van der Waals surface area contributed by atoms with Gasteiger partial charge in [0, 0.05) is 6.08 Å². The van der Waals surface area contributed by atoms with Gasteiger partial charge in [-0.2, -0.15) is 0 Å². The van der Waals surface area contributed by atoms with Crippen LogP contribution in [0, 0.1) is 0 Å². The highest BCUT2D eigenvalue weighted by molar-refractivity contribution is 5.80. The number of allylic oxidation sites excluding steroid dienone is 3. The molecule has 0 rings (SSSR count). The summed E-state index contributed by atoms with van der Waals surface area (Å²) < 4.78 is 0. The lowest BCUT2D eigenvalue weighted by Gasteiger charge is -2.03. The van der Waals surface area contributed by atoms with Crippen molar-refractivity contribution in [3.05, 3.63) is 24.3 Å². The van der Waals surface area contributed by atoms with Crippen molar-refractivity contribution >= 4 is 5.97 Å². The van der Waals surface area contributed by atoms with Crippen molar-refractivity contribution in [1.29, 1.82) is 0 Å². The van der Waals surface area contributed by atoms with E-state index in [1.165, 1.54) is 128 Å². The fourth-order valence-electron chi connectivity index (χ4n) is 3.65. The van der Waals surface area contributed by atoms with E-state index in [1.807, 2.05) is 6.08 Å². The number of carboxylic acid groups (broad SMARTS) is 1. The number of hydrogen-bond donors (Lipinski definition) is 1. The van der Waals surface area contributed by atoms with Crippen LogP contribution in [0.2, 0.25) is 0 Å². The van der Waals surface area contributed by atoms with Gasteiger partial charge >= 0.3 is 5.97 Å².